The lowest BCUT2D eigenvalue weighted by molar-refractivity contribution is -0.142. The Morgan fingerprint density at radius 2 is 2.07 bits per heavy atom. The minimum atomic E-state index is -0.515. The quantitative estimate of drug-likeness (QED) is 0.493. The highest BCUT2D eigenvalue weighted by atomic mass is 32.2. The monoisotopic (exact) mass is 465 g/mol. The summed E-state index contributed by atoms with van der Waals surface area (Å²) in [6.45, 7) is 4.78. The summed E-state index contributed by atoms with van der Waals surface area (Å²) in [7, 11) is 0. The number of esters is 1. The van der Waals surface area contributed by atoms with Crippen molar-refractivity contribution in [1.29, 1.82) is 0 Å². The predicted octanol–water partition coefficient (Wildman–Crippen LogP) is 3.28. The van der Waals surface area contributed by atoms with Crippen molar-refractivity contribution in [2.24, 2.45) is 0 Å². The molecule has 2 heterocycles. The molecule has 1 fully saturated rings. The number of thiazole rings is 1. The Bertz CT molecular complexity index is 869. The van der Waals surface area contributed by atoms with Gasteiger partial charge in [0.1, 0.15) is 9.57 Å². The lowest BCUT2D eigenvalue weighted by Gasteiger charge is -2.30. The molecule has 1 aliphatic heterocycles. The molecular weight excluding hydrogens is 442 g/mol. The standard InChI is InChI=1S/C20H23N3O4S3/c1-2-27-16(24)12-15-13-29-19(21-15)22-18(25)17(14-6-4-3-5-7-14)30-20(28)23-8-10-26-11-9-23/h3-7,13,17H,2,8-12H2,1H3,(H,21,22,25). The average Bonchev–Trinajstić information content (AvgIpc) is 3.19. The summed E-state index contributed by atoms with van der Waals surface area (Å²) in [5.41, 5.74) is 1.43. The fourth-order valence-electron chi connectivity index (χ4n) is 2.80. The molecular formula is C20H23N3O4S3. The molecule has 10 heteroatoms. The van der Waals surface area contributed by atoms with E-state index in [-0.39, 0.29) is 18.3 Å². The van der Waals surface area contributed by atoms with Crippen molar-refractivity contribution >= 4 is 56.6 Å². The van der Waals surface area contributed by atoms with Gasteiger partial charge in [0.15, 0.2) is 5.13 Å². The Morgan fingerprint density at radius 1 is 1.33 bits per heavy atom. The number of morpholine rings is 1. The summed E-state index contributed by atoms with van der Waals surface area (Å²) in [6.07, 6.45) is 0.0815. The van der Waals surface area contributed by atoms with Crippen LogP contribution >= 0.6 is 35.3 Å². The Labute approximate surface area is 189 Å². The van der Waals surface area contributed by atoms with Crippen molar-refractivity contribution in [3.63, 3.8) is 0 Å². The summed E-state index contributed by atoms with van der Waals surface area (Å²) in [6, 6.07) is 9.52. The zero-order valence-electron chi connectivity index (χ0n) is 16.5. The third-order valence-electron chi connectivity index (χ3n) is 4.24. The Morgan fingerprint density at radius 3 is 2.77 bits per heavy atom. The molecule has 1 saturated heterocycles. The number of anilines is 1. The Hall–Kier alpha value is -2.01. The highest BCUT2D eigenvalue weighted by molar-refractivity contribution is 8.23. The zero-order valence-corrected chi connectivity index (χ0v) is 19.0. The normalized spacial score (nSPS) is 14.8. The van der Waals surface area contributed by atoms with Gasteiger partial charge in [-0.05, 0) is 12.5 Å². The number of hydrogen-bond acceptors (Lipinski definition) is 8. The molecule has 1 N–H and O–H groups in total. The maximum absolute atomic E-state index is 13.1. The van der Waals surface area contributed by atoms with Crippen LogP contribution in [0.1, 0.15) is 23.4 Å². The van der Waals surface area contributed by atoms with E-state index in [1.54, 1.807) is 12.3 Å². The lowest BCUT2D eigenvalue weighted by atomic mass is 10.1. The van der Waals surface area contributed by atoms with Crippen molar-refractivity contribution in [2.75, 3.05) is 38.2 Å². The van der Waals surface area contributed by atoms with Gasteiger partial charge in [0.05, 0.1) is 31.9 Å². The number of carbonyl (C=O) groups excluding carboxylic acids is 2. The first-order chi connectivity index (χ1) is 14.6. The largest absolute Gasteiger partial charge is 0.466 e. The van der Waals surface area contributed by atoms with E-state index < -0.39 is 5.25 Å². The molecule has 0 saturated carbocycles. The molecule has 0 radical (unpaired) electrons. The van der Waals surface area contributed by atoms with Crippen molar-refractivity contribution in [1.82, 2.24) is 9.88 Å². The number of thioether (sulfide) groups is 1. The molecule has 0 bridgehead atoms. The fourth-order valence-corrected chi connectivity index (χ4v) is 4.98. The van der Waals surface area contributed by atoms with E-state index in [2.05, 4.69) is 15.2 Å². The van der Waals surface area contributed by atoms with Gasteiger partial charge in [-0.1, -0.05) is 54.3 Å². The first kappa shape index (κ1) is 22.7. The molecule has 0 aliphatic carbocycles. The fraction of sp³-hybridized carbons (Fsp3) is 0.400. The smallest absolute Gasteiger partial charge is 0.311 e. The van der Waals surface area contributed by atoms with Gasteiger partial charge in [-0.15, -0.1) is 11.3 Å². The summed E-state index contributed by atoms with van der Waals surface area (Å²) >= 11 is 8.23. The summed E-state index contributed by atoms with van der Waals surface area (Å²) in [4.78, 5) is 31.1. The van der Waals surface area contributed by atoms with Gasteiger partial charge in [-0.3, -0.25) is 9.59 Å². The number of nitrogens with zero attached hydrogens (tertiary/aromatic N) is 2. The predicted molar refractivity (Wildman–Crippen MR) is 123 cm³/mol. The number of hydrogen-bond donors (Lipinski definition) is 1. The van der Waals surface area contributed by atoms with Gasteiger partial charge in [0.25, 0.3) is 0 Å². The van der Waals surface area contributed by atoms with Gasteiger partial charge in [0, 0.05) is 18.5 Å². The van der Waals surface area contributed by atoms with Crippen molar-refractivity contribution in [3.8, 4) is 0 Å². The van der Waals surface area contributed by atoms with Gasteiger partial charge in [0.2, 0.25) is 5.91 Å². The van der Waals surface area contributed by atoms with Crippen LogP contribution in [0, 0.1) is 0 Å². The molecule has 1 aromatic heterocycles. The molecule has 0 spiro atoms. The van der Waals surface area contributed by atoms with Crippen molar-refractivity contribution in [3.05, 3.63) is 47.0 Å². The highest BCUT2D eigenvalue weighted by Gasteiger charge is 2.26. The number of aromatic nitrogens is 1. The molecule has 1 atom stereocenters. The molecule has 2 aromatic rings. The average molecular weight is 466 g/mol. The van der Waals surface area contributed by atoms with Crippen LogP contribution in [0.15, 0.2) is 35.7 Å². The number of benzene rings is 1. The molecule has 7 nitrogen and oxygen atoms in total. The van der Waals surface area contributed by atoms with E-state index in [4.69, 9.17) is 21.7 Å². The van der Waals surface area contributed by atoms with E-state index in [1.807, 2.05) is 30.3 Å². The Balaban J connectivity index is 1.68. The van der Waals surface area contributed by atoms with Crippen LogP contribution in [0.5, 0.6) is 0 Å². The van der Waals surface area contributed by atoms with Crippen LogP contribution in [-0.4, -0.2) is 59.0 Å². The molecule has 1 unspecified atom stereocenters. The number of ether oxygens (including phenoxy) is 2. The summed E-state index contributed by atoms with van der Waals surface area (Å²) < 4.78 is 11.0. The molecule has 1 aliphatic rings. The number of thiocarbonyl (C=S) groups is 1. The summed E-state index contributed by atoms with van der Waals surface area (Å²) in [5, 5.41) is 4.54. The van der Waals surface area contributed by atoms with E-state index in [9.17, 15) is 9.59 Å². The number of amides is 1. The molecule has 1 amide bonds. The van der Waals surface area contributed by atoms with Crippen LogP contribution in [0.4, 0.5) is 5.13 Å². The minimum absolute atomic E-state index is 0.0815. The van der Waals surface area contributed by atoms with Gasteiger partial charge in [-0.25, -0.2) is 4.98 Å². The summed E-state index contributed by atoms with van der Waals surface area (Å²) in [5.74, 6) is -0.548. The van der Waals surface area contributed by atoms with Gasteiger partial charge < -0.3 is 19.7 Å². The van der Waals surface area contributed by atoms with E-state index >= 15 is 0 Å². The van der Waals surface area contributed by atoms with Crippen molar-refractivity contribution in [2.45, 2.75) is 18.6 Å². The second kappa shape index (κ2) is 11.4. The topological polar surface area (TPSA) is 80.8 Å². The molecule has 30 heavy (non-hydrogen) atoms. The number of carbonyl (C=O) groups is 2. The van der Waals surface area contributed by atoms with Gasteiger partial charge >= 0.3 is 5.97 Å². The van der Waals surface area contributed by atoms with E-state index in [0.717, 1.165) is 18.7 Å². The zero-order chi connectivity index (χ0) is 21.3. The minimum Gasteiger partial charge on any atom is -0.466 e. The molecule has 3 rings (SSSR count). The molecule has 160 valence electrons. The second-order valence-electron chi connectivity index (χ2n) is 6.39. The van der Waals surface area contributed by atoms with Crippen LogP contribution in [-0.2, 0) is 25.5 Å². The SMILES string of the molecule is CCOC(=O)Cc1csc(NC(=O)C(SC(=S)N2CCOCC2)c2ccccc2)n1. The number of rotatable bonds is 7. The van der Waals surface area contributed by atoms with Crippen LogP contribution in [0.2, 0.25) is 0 Å². The van der Waals surface area contributed by atoms with Crippen molar-refractivity contribution < 1.29 is 19.1 Å². The first-order valence-corrected chi connectivity index (χ1v) is 11.7. The second-order valence-corrected chi connectivity index (χ2v) is 8.99. The lowest BCUT2D eigenvalue weighted by Crippen LogP contribution is -2.39. The van der Waals surface area contributed by atoms with Crippen LogP contribution in [0.25, 0.3) is 0 Å². The van der Waals surface area contributed by atoms with E-state index in [0.29, 0.717) is 35.0 Å². The highest BCUT2D eigenvalue weighted by Crippen LogP contribution is 2.33. The van der Waals surface area contributed by atoms with Crippen LogP contribution in [0.3, 0.4) is 0 Å². The number of nitrogens with one attached hydrogen (secondary N) is 1. The van der Waals surface area contributed by atoms with E-state index in [1.165, 1.54) is 23.1 Å². The maximum Gasteiger partial charge on any atom is 0.311 e. The Kier molecular flexibility index (Phi) is 8.61. The first-order valence-electron chi connectivity index (χ1n) is 9.56. The van der Waals surface area contributed by atoms with Gasteiger partial charge in [-0.2, -0.15) is 0 Å². The third-order valence-corrected chi connectivity index (χ3v) is 6.78. The maximum atomic E-state index is 13.1. The van der Waals surface area contributed by atoms with Crippen LogP contribution < -0.4 is 5.32 Å². The third kappa shape index (κ3) is 6.49. The molecule has 1 aromatic carbocycles.